The van der Waals surface area contributed by atoms with Gasteiger partial charge in [-0.2, -0.15) is 0 Å². The molecular formula is C18H21N3O4S. The Hall–Kier alpha value is -2.45. The predicted octanol–water partition coefficient (Wildman–Crippen LogP) is 2.29. The molecule has 1 aromatic carbocycles. The van der Waals surface area contributed by atoms with E-state index in [-0.39, 0.29) is 25.0 Å². The Balaban J connectivity index is 1.57. The van der Waals surface area contributed by atoms with E-state index in [9.17, 15) is 9.59 Å². The Morgan fingerprint density at radius 3 is 2.85 bits per heavy atom. The van der Waals surface area contributed by atoms with Crippen LogP contribution in [0.25, 0.3) is 0 Å². The van der Waals surface area contributed by atoms with Crippen molar-refractivity contribution in [1.82, 2.24) is 10.2 Å². The minimum absolute atomic E-state index is 0.149. The van der Waals surface area contributed by atoms with Crippen molar-refractivity contribution in [1.29, 1.82) is 0 Å². The van der Waals surface area contributed by atoms with E-state index in [1.807, 2.05) is 36.4 Å². The number of carbonyl (C=O) groups excluding carboxylic acids is 2. The van der Waals surface area contributed by atoms with Gasteiger partial charge in [0.05, 0.1) is 12.0 Å². The lowest BCUT2D eigenvalue weighted by atomic mass is 10.1. The van der Waals surface area contributed by atoms with Crippen LogP contribution in [0.4, 0.5) is 10.5 Å². The maximum Gasteiger partial charge on any atom is 0.322 e. The number of anilines is 1. The van der Waals surface area contributed by atoms with Gasteiger partial charge in [-0.25, -0.2) is 4.79 Å². The molecule has 0 spiro atoms. The summed E-state index contributed by atoms with van der Waals surface area (Å²) in [6.45, 7) is 0.680. The van der Waals surface area contributed by atoms with E-state index in [1.165, 1.54) is 4.90 Å². The highest BCUT2D eigenvalue weighted by molar-refractivity contribution is 7.98. The Bertz CT molecular complexity index is 733. The van der Waals surface area contributed by atoms with Gasteiger partial charge in [-0.3, -0.25) is 4.79 Å². The smallest absolute Gasteiger partial charge is 0.322 e. The lowest BCUT2D eigenvalue weighted by Gasteiger charge is -2.34. The van der Waals surface area contributed by atoms with Crippen molar-refractivity contribution in [3.8, 4) is 0 Å². The average molecular weight is 375 g/mol. The lowest BCUT2D eigenvalue weighted by molar-refractivity contribution is -0.128. The number of nitrogens with zero attached hydrogens (tertiary/aromatic N) is 1. The zero-order valence-corrected chi connectivity index (χ0v) is 15.0. The van der Waals surface area contributed by atoms with Gasteiger partial charge in [-0.05, 0) is 42.8 Å². The van der Waals surface area contributed by atoms with E-state index in [0.29, 0.717) is 18.8 Å². The quantitative estimate of drug-likeness (QED) is 0.674. The Labute approximate surface area is 155 Å². The van der Waals surface area contributed by atoms with Gasteiger partial charge in [0.2, 0.25) is 5.91 Å². The monoisotopic (exact) mass is 375 g/mol. The van der Waals surface area contributed by atoms with Gasteiger partial charge in [0.25, 0.3) is 0 Å². The number of aliphatic hydroxyl groups excluding tert-OH is 1. The van der Waals surface area contributed by atoms with E-state index >= 15 is 0 Å². The first-order valence-electron chi connectivity index (χ1n) is 8.39. The average Bonchev–Trinajstić information content (AvgIpc) is 3.16. The number of urea groups is 1. The summed E-state index contributed by atoms with van der Waals surface area (Å²) >= 11 is 1.64. The summed E-state index contributed by atoms with van der Waals surface area (Å²) in [5.74, 6) is 1.42. The summed E-state index contributed by atoms with van der Waals surface area (Å²) in [6.07, 6.45) is 1.88. The number of aliphatic hydroxyl groups is 1. The summed E-state index contributed by atoms with van der Waals surface area (Å²) in [5, 5.41) is 14.7. The highest BCUT2D eigenvalue weighted by Gasteiger charge is 2.32. The molecule has 1 aliphatic rings. The Kier molecular flexibility index (Phi) is 6.19. The number of nitrogens with one attached hydrogen (secondary N) is 2. The molecule has 1 fully saturated rings. The topological polar surface area (TPSA) is 94.8 Å². The van der Waals surface area contributed by atoms with Crippen molar-refractivity contribution in [2.24, 2.45) is 0 Å². The molecule has 2 heterocycles. The summed E-state index contributed by atoms with van der Waals surface area (Å²) in [7, 11) is 0. The highest BCUT2D eigenvalue weighted by atomic mass is 32.2. The van der Waals surface area contributed by atoms with Crippen LogP contribution in [0.3, 0.4) is 0 Å². The molecule has 7 nitrogen and oxygen atoms in total. The first-order valence-corrected chi connectivity index (χ1v) is 9.37. The summed E-state index contributed by atoms with van der Waals surface area (Å²) < 4.78 is 5.30. The van der Waals surface area contributed by atoms with Crippen molar-refractivity contribution in [2.75, 3.05) is 25.0 Å². The van der Waals surface area contributed by atoms with E-state index in [2.05, 4.69) is 10.6 Å². The van der Waals surface area contributed by atoms with Gasteiger partial charge in [-0.15, -0.1) is 11.8 Å². The van der Waals surface area contributed by atoms with Crippen LogP contribution in [0.15, 0.2) is 52.0 Å². The number of hydrogen-bond donors (Lipinski definition) is 3. The second kappa shape index (κ2) is 8.77. The second-order valence-electron chi connectivity index (χ2n) is 5.84. The van der Waals surface area contributed by atoms with Gasteiger partial charge in [-0.1, -0.05) is 0 Å². The normalized spacial score (nSPS) is 17.0. The zero-order valence-electron chi connectivity index (χ0n) is 14.2. The number of rotatable bonds is 6. The molecular weight excluding hydrogens is 354 g/mol. The molecule has 0 unspecified atom stereocenters. The third-order valence-corrected chi connectivity index (χ3v) is 5.10. The predicted molar refractivity (Wildman–Crippen MR) is 98.9 cm³/mol. The molecule has 0 radical (unpaired) electrons. The maximum atomic E-state index is 12.5. The lowest BCUT2D eigenvalue weighted by Crippen LogP contribution is -2.58. The number of thioether (sulfide) groups is 1. The number of benzene rings is 1. The van der Waals surface area contributed by atoms with Crippen molar-refractivity contribution in [3.05, 3.63) is 48.4 Å². The number of furan rings is 1. The molecule has 1 aliphatic heterocycles. The van der Waals surface area contributed by atoms with Gasteiger partial charge < -0.3 is 25.1 Å². The van der Waals surface area contributed by atoms with Crippen LogP contribution in [-0.2, 0) is 10.5 Å². The fourth-order valence-corrected chi connectivity index (χ4v) is 3.55. The van der Waals surface area contributed by atoms with E-state index in [0.717, 1.165) is 16.4 Å². The third kappa shape index (κ3) is 4.59. The van der Waals surface area contributed by atoms with E-state index in [1.54, 1.807) is 18.0 Å². The summed E-state index contributed by atoms with van der Waals surface area (Å²) in [6, 6.07) is 10.3. The van der Waals surface area contributed by atoms with Crippen LogP contribution in [-0.4, -0.2) is 47.7 Å². The number of amides is 3. The summed E-state index contributed by atoms with van der Waals surface area (Å²) in [5.41, 5.74) is 0.658. The molecule has 0 aliphatic carbocycles. The molecule has 1 atom stereocenters. The first kappa shape index (κ1) is 18.3. The molecule has 8 heteroatoms. The number of piperazine rings is 1. The second-order valence-corrected chi connectivity index (χ2v) is 6.88. The van der Waals surface area contributed by atoms with Crippen LogP contribution >= 0.6 is 11.8 Å². The molecule has 3 rings (SSSR count). The molecule has 1 saturated heterocycles. The van der Waals surface area contributed by atoms with Crippen molar-refractivity contribution in [3.63, 3.8) is 0 Å². The third-order valence-electron chi connectivity index (χ3n) is 4.06. The Morgan fingerprint density at radius 1 is 1.35 bits per heavy atom. The zero-order chi connectivity index (χ0) is 18.4. The van der Waals surface area contributed by atoms with E-state index in [4.69, 9.17) is 9.52 Å². The molecule has 1 aromatic heterocycles. The Morgan fingerprint density at radius 2 is 2.15 bits per heavy atom. The molecule has 2 aromatic rings. The highest BCUT2D eigenvalue weighted by Crippen LogP contribution is 2.24. The fourth-order valence-electron chi connectivity index (χ4n) is 2.75. The number of carbonyl (C=O) groups is 2. The van der Waals surface area contributed by atoms with E-state index < -0.39 is 6.04 Å². The minimum Gasteiger partial charge on any atom is -0.468 e. The molecule has 138 valence electrons. The molecule has 0 saturated carbocycles. The van der Waals surface area contributed by atoms with Crippen LogP contribution < -0.4 is 10.6 Å². The molecule has 3 amide bonds. The summed E-state index contributed by atoms with van der Waals surface area (Å²) in [4.78, 5) is 26.9. The molecule has 26 heavy (non-hydrogen) atoms. The van der Waals surface area contributed by atoms with Gasteiger partial charge in [0, 0.05) is 30.3 Å². The van der Waals surface area contributed by atoms with Crippen LogP contribution in [0.2, 0.25) is 0 Å². The molecule has 3 N–H and O–H groups in total. The van der Waals surface area contributed by atoms with Crippen molar-refractivity contribution < 1.29 is 19.1 Å². The van der Waals surface area contributed by atoms with Crippen LogP contribution in [0.5, 0.6) is 0 Å². The minimum atomic E-state index is -0.642. The van der Waals surface area contributed by atoms with Crippen LogP contribution in [0.1, 0.15) is 12.2 Å². The SMILES string of the molecule is O=C1NCCN(C(=O)Nc2ccc(SCc3ccco3)cc2)[C@@H]1CCO. The first-order chi connectivity index (χ1) is 12.7. The van der Waals surface area contributed by atoms with Crippen molar-refractivity contribution >= 4 is 29.4 Å². The van der Waals surface area contributed by atoms with Gasteiger partial charge in [0.1, 0.15) is 11.8 Å². The van der Waals surface area contributed by atoms with Gasteiger partial charge >= 0.3 is 6.03 Å². The van der Waals surface area contributed by atoms with Crippen LogP contribution in [0, 0.1) is 0 Å². The fraction of sp³-hybridized carbons (Fsp3) is 0.333. The van der Waals surface area contributed by atoms with Gasteiger partial charge in [0.15, 0.2) is 0 Å². The van der Waals surface area contributed by atoms with Crippen molar-refractivity contribution in [2.45, 2.75) is 23.1 Å². The maximum absolute atomic E-state index is 12.5. The largest absolute Gasteiger partial charge is 0.468 e. The standard InChI is InChI=1S/C18H21N3O4S/c22-10-7-16-17(23)19-8-9-21(16)18(24)20-13-3-5-15(6-4-13)26-12-14-2-1-11-25-14/h1-6,11,16,22H,7-10,12H2,(H,19,23)(H,20,24)/t16-/m1/s1. The molecule has 0 bridgehead atoms. The number of hydrogen-bond acceptors (Lipinski definition) is 5.